The van der Waals surface area contributed by atoms with Gasteiger partial charge in [-0.2, -0.15) is 0 Å². The van der Waals surface area contributed by atoms with Crippen LogP contribution in [-0.4, -0.2) is 30.6 Å². The van der Waals surface area contributed by atoms with Gasteiger partial charge in [0.15, 0.2) is 0 Å². The van der Waals surface area contributed by atoms with E-state index in [1.807, 2.05) is 30.3 Å². The van der Waals surface area contributed by atoms with Crippen molar-refractivity contribution < 1.29 is 9.53 Å². The quantitative estimate of drug-likeness (QED) is 0.903. The molecule has 3 rings (SSSR count). The van der Waals surface area contributed by atoms with Crippen LogP contribution in [0.1, 0.15) is 12.8 Å². The Labute approximate surface area is 123 Å². The monoisotopic (exact) mass is 285 g/mol. The fraction of sp³-hybridized carbons (Fsp3) is 0.375. The second-order valence-electron chi connectivity index (χ2n) is 5.43. The minimum absolute atomic E-state index is 0.0235. The summed E-state index contributed by atoms with van der Waals surface area (Å²) in [4.78, 5) is 17.0. The van der Waals surface area contributed by atoms with E-state index in [0.717, 1.165) is 16.6 Å². The normalized spacial score (nSPS) is 17.6. The smallest absolute Gasteiger partial charge is 0.232 e. The summed E-state index contributed by atoms with van der Waals surface area (Å²) in [7, 11) is 0. The molecule has 0 spiro atoms. The van der Waals surface area contributed by atoms with Gasteiger partial charge in [0.25, 0.3) is 0 Å². The van der Waals surface area contributed by atoms with Crippen molar-refractivity contribution in [2.24, 2.45) is 11.1 Å². The molecular formula is C16H19N3O2. The number of hydrogen-bond acceptors (Lipinski definition) is 4. The number of rotatable bonds is 3. The number of benzene rings is 1. The van der Waals surface area contributed by atoms with Crippen molar-refractivity contribution in [2.75, 3.05) is 25.1 Å². The number of carbonyl (C=O) groups excluding carboxylic acids is 1. The molecule has 1 aromatic carbocycles. The average Bonchev–Trinajstić information content (AvgIpc) is 2.56. The van der Waals surface area contributed by atoms with Gasteiger partial charge in [0.2, 0.25) is 5.91 Å². The van der Waals surface area contributed by atoms with Crippen molar-refractivity contribution in [3.8, 4) is 0 Å². The van der Waals surface area contributed by atoms with Gasteiger partial charge in [-0.15, -0.1) is 0 Å². The lowest BCUT2D eigenvalue weighted by molar-refractivity contribution is -0.130. The minimum atomic E-state index is -0.525. The predicted molar refractivity (Wildman–Crippen MR) is 81.9 cm³/mol. The molecule has 1 saturated heterocycles. The number of hydrogen-bond donors (Lipinski definition) is 2. The van der Waals surface area contributed by atoms with Crippen LogP contribution in [0.25, 0.3) is 10.9 Å². The van der Waals surface area contributed by atoms with Crippen molar-refractivity contribution >= 4 is 22.5 Å². The molecule has 1 aromatic heterocycles. The van der Waals surface area contributed by atoms with Gasteiger partial charge in [0.05, 0.1) is 16.6 Å². The zero-order valence-electron chi connectivity index (χ0n) is 11.8. The van der Waals surface area contributed by atoms with Gasteiger partial charge in [0.1, 0.15) is 0 Å². The first kappa shape index (κ1) is 14.0. The number of nitrogens with zero attached hydrogens (tertiary/aromatic N) is 1. The Bertz CT molecular complexity index is 646. The molecule has 5 heteroatoms. The third kappa shape index (κ3) is 2.62. The van der Waals surface area contributed by atoms with Gasteiger partial charge in [0, 0.05) is 31.3 Å². The summed E-state index contributed by atoms with van der Waals surface area (Å²) in [6.07, 6.45) is 3.07. The molecule has 0 saturated carbocycles. The van der Waals surface area contributed by atoms with Crippen molar-refractivity contribution in [3.05, 3.63) is 36.5 Å². The predicted octanol–water partition coefficient (Wildman–Crippen LogP) is 1.93. The number of nitrogens with one attached hydrogen (secondary N) is 1. The molecule has 2 heterocycles. The first-order valence-corrected chi connectivity index (χ1v) is 7.18. The van der Waals surface area contributed by atoms with Gasteiger partial charge in [-0.25, -0.2) is 0 Å². The number of nitrogens with two attached hydrogens (primary N) is 1. The molecule has 2 aromatic rings. The van der Waals surface area contributed by atoms with Crippen LogP contribution in [0.5, 0.6) is 0 Å². The highest BCUT2D eigenvalue weighted by molar-refractivity contribution is 6.03. The highest BCUT2D eigenvalue weighted by Gasteiger charge is 2.38. The molecule has 110 valence electrons. The van der Waals surface area contributed by atoms with Gasteiger partial charge in [-0.1, -0.05) is 6.07 Å². The van der Waals surface area contributed by atoms with Crippen molar-refractivity contribution in [3.63, 3.8) is 0 Å². The SMILES string of the molecule is NCC1(C(=O)Nc2cccc3ncccc23)CCOCC1. The molecule has 0 unspecified atom stereocenters. The summed E-state index contributed by atoms with van der Waals surface area (Å²) in [5, 5.41) is 3.97. The Balaban J connectivity index is 1.89. The lowest BCUT2D eigenvalue weighted by Gasteiger charge is -2.34. The molecule has 0 bridgehead atoms. The van der Waals surface area contributed by atoms with Crippen molar-refractivity contribution in [2.45, 2.75) is 12.8 Å². The van der Waals surface area contributed by atoms with Gasteiger partial charge in [-0.3, -0.25) is 9.78 Å². The van der Waals surface area contributed by atoms with Crippen LogP contribution in [0.15, 0.2) is 36.5 Å². The third-order valence-electron chi connectivity index (χ3n) is 4.22. The summed E-state index contributed by atoms with van der Waals surface area (Å²) in [6, 6.07) is 9.54. The van der Waals surface area contributed by atoms with Gasteiger partial charge in [-0.05, 0) is 37.1 Å². The van der Waals surface area contributed by atoms with Crippen LogP contribution in [0, 0.1) is 5.41 Å². The number of fused-ring (bicyclic) bond motifs is 1. The Morgan fingerprint density at radius 2 is 2.10 bits per heavy atom. The van der Waals surface area contributed by atoms with Crippen LogP contribution in [0.4, 0.5) is 5.69 Å². The minimum Gasteiger partial charge on any atom is -0.381 e. The van der Waals surface area contributed by atoms with E-state index >= 15 is 0 Å². The second kappa shape index (κ2) is 5.79. The highest BCUT2D eigenvalue weighted by atomic mass is 16.5. The standard InChI is InChI=1S/C16H19N3O2/c17-11-16(6-9-21-10-7-16)15(20)19-14-5-1-4-13-12(14)3-2-8-18-13/h1-5,8H,6-7,9-11,17H2,(H,19,20). The highest BCUT2D eigenvalue weighted by Crippen LogP contribution is 2.32. The van der Waals surface area contributed by atoms with E-state index in [0.29, 0.717) is 32.6 Å². The number of ether oxygens (including phenoxy) is 1. The van der Waals surface area contributed by atoms with E-state index in [4.69, 9.17) is 10.5 Å². The van der Waals surface area contributed by atoms with Crippen LogP contribution in [0.2, 0.25) is 0 Å². The molecule has 1 aliphatic rings. The van der Waals surface area contributed by atoms with Gasteiger partial charge >= 0.3 is 0 Å². The molecule has 5 nitrogen and oxygen atoms in total. The summed E-state index contributed by atoms with van der Waals surface area (Å²) in [5.41, 5.74) is 7.00. The number of amides is 1. The first-order chi connectivity index (χ1) is 10.2. The number of aromatic nitrogens is 1. The first-order valence-electron chi connectivity index (χ1n) is 7.18. The summed E-state index contributed by atoms with van der Waals surface area (Å²) in [5.74, 6) is -0.0235. The number of pyridine rings is 1. The fourth-order valence-electron chi connectivity index (χ4n) is 2.75. The third-order valence-corrected chi connectivity index (χ3v) is 4.22. The maximum absolute atomic E-state index is 12.7. The Morgan fingerprint density at radius 3 is 2.86 bits per heavy atom. The Kier molecular flexibility index (Phi) is 3.86. The van der Waals surface area contributed by atoms with Crippen molar-refractivity contribution in [1.29, 1.82) is 0 Å². The molecule has 0 atom stereocenters. The molecule has 1 amide bonds. The summed E-state index contributed by atoms with van der Waals surface area (Å²) >= 11 is 0. The molecule has 0 aliphatic carbocycles. The van der Waals surface area contributed by atoms with Crippen LogP contribution in [-0.2, 0) is 9.53 Å². The van der Waals surface area contributed by atoms with E-state index < -0.39 is 5.41 Å². The summed E-state index contributed by atoms with van der Waals surface area (Å²) < 4.78 is 5.35. The maximum Gasteiger partial charge on any atom is 0.232 e. The largest absolute Gasteiger partial charge is 0.381 e. The van der Waals surface area contributed by atoms with E-state index in [1.54, 1.807) is 6.20 Å². The van der Waals surface area contributed by atoms with E-state index in [9.17, 15) is 4.79 Å². The lowest BCUT2D eigenvalue weighted by atomic mass is 9.79. The van der Waals surface area contributed by atoms with E-state index in [2.05, 4.69) is 10.3 Å². The molecule has 0 radical (unpaired) electrons. The lowest BCUT2D eigenvalue weighted by Crippen LogP contribution is -2.46. The Morgan fingerprint density at radius 1 is 1.29 bits per heavy atom. The zero-order valence-corrected chi connectivity index (χ0v) is 11.8. The van der Waals surface area contributed by atoms with Crippen LogP contribution >= 0.6 is 0 Å². The number of anilines is 1. The number of carbonyl (C=O) groups is 1. The zero-order chi connectivity index (χ0) is 14.7. The molecular weight excluding hydrogens is 266 g/mol. The second-order valence-corrected chi connectivity index (χ2v) is 5.43. The van der Waals surface area contributed by atoms with E-state index in [-0.39, 0.29) is 5.91 Å². The molecule has 21 heavy (non-hydrogen) atoms. The average molecular weight is 285 g/mol. The van der Waals surface area contributed by atoms with Crippen molar-refractivity contribution in [1.82, 2.24) is 4.98 Å². The fourth-order valence-corrected chi connectivity index (χ4v) is 2.75. The van der Waals surface area contributed by atoms with Crippen LogP contribution in [0.3, 0.4) is 0 Å². The van der Waals surface area contributed by atoms with E-state index in [1.165, 1.54) is 0 Å². The topological polar surface area (TPSA) is 77.2 Å². The Hall–Kier alpha value is -1.98. The maximum atomic E-state index is 12.7. The molecule has 1 fully saturated rings. The molecule has 3 N–H and O–H groups in total. The molecule has 1 aliphatic heterocycles. The summed E-state index contributed by atoms with van der Waals surface area (Å²) in [6.45, 7) is 1.51. The van der Waals surface area contributed by atoms with Crippen LogP contribution < -0.4 is 11.1 Å². The van der Waals surface area contributed by atoms with Gasteiger partial charge < -0.3 is 15.8 Å².